The van der Waals surface area contributed by atoms with Crippen molar-refractivity contribution < 1.29 is 9.53 Å². The zero-order valence-corrected chi connectivity index (χ0v) is 12.0. The van der Waals surface area contributed by atoms with Crippen LogP contribution in [0.2, 0.25) is 0 Å². The number of fused-ring (bicyclic) bond motifs is 1. The zero-order chi connectivity index (χ0) is 13.8. The third-order valence-electron chi connectivity index (χ3n) is 2.94. The average Bonchev–Trinajstić information content (AvgIpc) is 2.80. The second-order valence-corrected chi connectivity index (χ2v) is 5.56. The molecule has 5 heteroatoms. The lowest BCUT2D eigenvalue weighted by atomic mass is 10.2. The largest absolute Gasteiger partial charge is 0.399 e. The second-order valence-electron chi connectivity index (χ2n) is 4.48. The van der Waals surface area contributed by atoms with E-state index in [1.807, 2.05) is 31.3 Å². The van der Waals surface area contributed by atoms with Crippen LogP contribution in [0.15, 0.2) is 24.3 Å². The van der Waals surface area contributed by atoms with Gasteiger partial charge in [0.2, 0.25) is 0 Å². The van der Waals surface area contributed by atoms with Crippen LogP contribution in [0.3, 0.4) is 0 Å². The monoisotopic (exact) mass is 278 g/mol. The molecule has 2 aromatic rings. The first-order valence-corrected chi connectivity index (χ1v) is 6.97. The topological polar surface area (TPSA) is 55.6 Å². The Bertz CT molecular complexity index is 580. The molecule has 19 heavy (non-hydrogen) atoms. The summed E-state index contributed by atoms with van der Waals surface area (Å²) in [7, 11) is 3.48. The summed E-state index contributed by atoms with van der Waals surface area (Å²) in [5.74, 6) is 0.0517. The molecule has 102 valence electrons. The van der Waals surface area contributed by atoms with Gasteiger partial charge in [0, 0.05) is 37.7 Å². The smallest absolute Gasteiger partial charge is 0.263 e. The SMILES string of the molecule is COCCCN(C)C(=O)c1cc2cc(N)ccc2s1. The minimum atomic E-state index is 0.0517. The van der Waals surface area contributed by atoms with E-state index in [2.05, 4.69) is 0 Å². The van der Waals surface area contributed by atoms with Crippen LogP contribution in [-0.2, 0) is 4.74 Å². The van der Waals surface area contributed by atoms with E-state index in [9.17, 15) is 4.79 Å². The number of carbonyl (C=O) groups excluding carboxylic acids is 1. The van der Waals surface area contributed by atoms with Crippen LogP contribution in [0.5, 0.6) is 0 Å². The maximum Gasteiger partial charge on any atom is 0.263 e. The summed E-state index contributed by atoms with van der Waals surface area (Å²) in [4.78, 5) is 14.7. The molecule has 2 rings (SSSR count). The molecular formula is C14H18N2O2S. The van der Waals surface area contributed by atoms with Gasteiger partial charge in [-0.15, -0.1) is 11.3 Å². The zero-order valence-electron chi connectivity index (χ0n) is 11.2. The molecule has 0 aliphatic rings. The van der Waals surface area contributed by atoms with Gasteiger partial charge in [0.1, 0.15) is 0 Å². The van der Waals surface area contributed by atoms with E-state index in [1.54, 1.807) is 12.0 Å². The maximum atomic E-state index is 12.3. The second kappa shape index (κ2) is 6.04. The van der Waals surface area contributed by atoms with Crippen molar-refractivity contribution in [2.75, 3.05) is 33.0 Å². The standard InChI is InChI=1S/C14H18N2O2S/c1-16(6-3-7-18-2)14(17)13-9-10-8-11(15)4-5-12(10)19-13/h4-5,8-9H,3,6-7,15H2,1-2H3. The summed E-state index contributed by atoms with van der Waals surface area (Å²) >= 11 is 1.50. The van der Waals surface area contributed by atoms with Crippen LogP contribution in [0.4, 0.5) is 5.69 Å². The van der Waals surface area contributed by atoms with Crippen molar-refractivity contribution in [1.82, 2.24) is 4.90 Å². The average molecular weight is 278 g/mol. The third kappa shape index (κ3) is 3.24. The van der Waals surface area contributed by atoms with Gasteiger partial charge >= 0.3 is 0 Å². The lowest BCUT2D eigenvalue weighted by molar-refractivity contribution is 0.0784. The summed E-state index contributed by atoms with van der Waals surface area (Å²) < 4.78 is 6.08. The highest BCUT2D eigenvalue weighted by Crippen LogP contribution is 2.28. The maximum absolute atomic E-state index is 12.3. The molecule has 0 spiro atoms. The first-order valence-electron chi connectivity index (χ1n) is 6.15. The Morgan fingerprint density at radius 1 is 1.42 bits per heavy atom. The molecule has 0 bridgehead atoms. The van der Waals surface area contributed by atoms with Gasteiger partial charge in [-0.05, 0) is 36.1 Å². The Hall–Kier alpha value is -1.59. The molecule has 1 aromatic heterocycles. The summed E-state index contributed by atoms with van der Waals surface area (Å²) in [6, 6.07) is 7.62. The van der Waals surface area contributed by atoms with Crippen LogP contribution >= 0.6 is 11.3 Å². The van der Waals surface area contributed by atoms with Crippen molar-refractivity contribution in [3.05, 3.63) is 29.1 Å². The van der Waals surface area contributed by atoms with E-state index in [0.717, 1.165) is 27.1 Å². The van der Waals surface area contributed by atoms with E-state index in [4.69, 9.17) is 10.5 Å². The number of hydrogen-bond acceptors (Lipinski definition) is 4. The molecule has 0 saturated carbocycles. The van der Waals surface area contributed by atoms with Crippen LogP contribution < -0.4 is 5.73 Å². The molecule has 1 aromatic carbocycles. The number of nitrogens with zero attached hydrogens (tertiary/aromatic N) is 1. The number of benzene rings is 1. The highest BCUT2D eigenvalue weighted by molar-refractivity contribution is 7.20. The van der Waals surface area contributed by atoms with E-state index in [0.29, 0.717) is 13.2 Å². The number of nitrogens with two attached hydrogens (primary N) is 1. The molecule has 1 amide bonds. The predicted molar refractivity (Wildman–Crippen MR) is 79.7 cm³/mol. The Morgan fingerprint density at radius 2 is 2.21 bits per heavy atom. The van der Waals surface area contributed by atoms with Crippen LogP contribution in [0.25, 0.3) is 10.1 Å². The Balaban J connectivity index is 2.12. The minimum absolute atomic E-state index is 0.0517. The van der Waals surface area contributed by atoms with Gasteiger partial charge in [-0.1, -0.05) is 0 Å². The van der Waals surface area contributed by atoms with Crippen molar-refractivity contribution in [2.45, 2.75) is 6.42 Å². The fourth-order valence-electron chi connectivity index (χ4n) is 1.90. The molecule has 0 atom stereocenters. The number of anilines is 1. The van der Waals surface area contributed by atoms with Crippen LogP contribution in [-0.4, -0.2) is 38.1 Å². The van der Waals surface area contributed by atoms with Gasteiger partial charge in [0.05, 0.1) is 4.88 Å². The number of hydrogen-bond donors (Lipinski definition) is 1. The quantitative estimate of drug-likeness (QED) is 0.675. The number of ether oxygens (including phenoxy) is 1. The molecule has 0 saturated heterocycles. The summed E-state index contributed by atoms with van der Waals surface area (Å²) in [6.07, 6.45) is 0.844. The molecule has 1 heterocycles. The first-order chi connectivity index (χ1) is 9.11. The number of carbonyl (C=O) groups is 1. The number of methoxy groups -OCH3 is 1. The van der Waals surface area contributed by atoms with Crippen LogP contribution in [0.1, 0.15) is 16.1 Å². The van der Waals surface area contributed by atoms with Crippen molar-refractivity contribution in [3.8, 4) is 0 Å². The molecule has 0 radical (unpaired) electrons. The Labute approximate surface area is 116 Å². The molecule has 0 unspecified atom stereocenters. The number of thiophene rings is 1. The molecule has 2 N–H and O–H groups in total. The number of rotatable bonds is 5. The molecule has 0 aliphatic heterocycles. The van der Waals surface area contributed by atoms with Crippen molar-refractivity contribution in [2.24, 2.45) is 0 Å². The van der Waals surface area contributed by atoms with Gasteiger partial charge in [-0.3, -0.25) is 4.79 Å². The lowest BCUT2D eigenvalue weighted by Crippen LogP contribution is -2.27. The molecular weight excluding hydrogens is 260 g/mol. The Kier molecular flexibility index (Phi) is 4.39. The van der Waals surface area contributed by atoms with Gasteiger partial charge in [0.15, 0.2) is 0 Å². The highest BCUT2D eigenvalue weighted by atomic mass is 32.1. The minimum Gasteiger partial charge on any atom is -0.399 e. The fourth-order valence-corrected chi connectivity index (χ4v) is 2.94. The first kappa shape index (κ1) is 13.8. The normalized spacial score (nSPS) is 10.8. The van der Waals surface area contributed by atoms with Gasteiger partial charge < -0.3 is 15.4 Å². The van der Waals surface area contributed by atoms with Gasteiger partial charge in [-0.25, -0.2) is 0 Å². The Morgan fingerprint density at radius 3 is 2.95 bits per heavy atom. The molecule has 0 aliphatic carbocycles. The third-order valence-corrected chi connectivity index (χ3v) is 4.04. The highest BCUT2D eigenvalue weighted by Gasteiger charge is 2.14. The summed E-state index contributed by atoms with van der Waals surface area (Å²) in [6.45, 7) is 1.36. The summed E-state index contributed by atoms with van der Waals surface area (Å²) in [5.41, 5.74) is 6.47. The number of amides is 1. The van der Waals surface area contributed by atoms with Gasteiger partial charge in [-0.2, -0.15) is 0 Å². The van der Waals surface area contributed by atoms with Crippen LogP contribution in [0, 0.1) is 0 Å². The molecule has 0 fully saturated rings. The van der Waals surface area contributed by atoms with E-state index < -0.39 is 0 Å². The van der Waals surface area contributed by atoms with E-state index in [-0.39, 0.29) is 5.91 Å². The number of nitrogen functional groups attached to an aromatic ring is 1. The van der Waals surface area contributed by atoms with Gasteiger partial charge in [0.25, 0.3) is 5.91 Å². The lowest BCUT2D eigenvalue weighted by Gasteiger charge is -2.15. The van der Waals surface area contributed by atoms with E-state index >= 15 is 0 Å². The van der Waals surface area contributed by atoms with Crippen molar-refractivity contribution in [3.63, 3.8) is 0 Å². The van der Waals surface area contributed by atoms with E-state index in [1.165, 1.54) is 11.3 Å². The van der Waals surface area contributed by atoms with Crippen molar-refractivity contribution in [1.29, 1.82) is 0 Å². The fraction of sp³-hybridized carbons (Fsp3) is 0.357. The summed E-state index contributed by atoms with van der Waals surface area (Å²) in [5, 5.41) is 1.03. The van der Waals surface area contributed by atoms with Crippen molar-refractivity contribution >= 4 is 33.0 Å². The molecule has 4 nitrogen and oxygen atoms in total. The predicted octanol–water partition coefficient (Wildman–Crippen LogP) is 2.59.